The number of nitrogens with zero attached hydrogens (tertiary/aromatic N) is 2. The summed E-state index contributed by atoms with van der Waals surface area (Å²) >= 11 is 0. The first-order valence-corrected chi connectivity index (χ1v) is 9.84. The number of piperazine rings is 1. The molecule has 0 saturated carbocycles. The van der Waals surface area contributed by atoms with Gasteiger partial charge in [0, 0.05) is 32.7 Å². The average molecular weight is 376 g/mol. The quantitative estimate of drug-likeness (QED) is 0.747. The highest BCUT2D eigenvalue weighted by molar-refractivity contribution is 6.62. The lowest BCUT2D eigenvalue weighted by atomic mass is 9.79. The zero-order valence-electron chi connectivity index (χ0n) is 17.3. The van der Waals surface area contributed by atoms with Crippen molar-refractivity contribution < 1.29 is 19.2 Å². The van der Waals surface area contributed by atoms with Gasteiger partial charge in [0.15, 0.2) is 0 Å². The molecule has 2 aliphatic heterocycles. The van der Waals surface area contributed by atoms with Crippen molar-refractivity contribution in [2.75, 3.05) is 46.4 Å². The molecule has 0 amide bonds. The van der Waals surface area contributed by atoms with E-state index < -0.39 is 6.10 Å². The van der Waals surface area contributed by atoms with Crippen molar-refractivity contribution >= 4 is 12.6 Å². The molecule has 2 fully saturated rings. The highest BCUT2D eigenvalue weighted by atomic mass is 16.7. The summed E-state index contributed by atoms with van der Waals surface area (Å²) in [6.45, 7) is 13.2. The van der Waals surface area contributed by atoms with Crippen LogP contribution in [0.1, 0.15) is 27.7 Å². The number of ether oxygens (including phenoxy) is 1. The van der Waals surface area contributed by atoms with Crippen molar-refractivity contribution in [1.82, 2.24) is 9.80 Å². The van der Waals surface area contributed by atoms with Crippen molar-refractivity contribution in [2.24, 2.45) is 0 Å². The van der Waals surface area contributed by atoms with E-state index in [0.29, 0.717) is 13.2 Å². The number of aliphatic hydroxyl groups is 1. The van der Waals surface area contributed by atoms with Gasteiger partial charge in [0.1, 0.15) is 18.5 Å². The second-order valence-corrected chi connectivity index (χ2v) is 8.73. The molecule has 3 rings (SSSR count). The van der Waals surface area contributed by atoms with Gasteiger partial charge in [0.05, 0.1) is 11.2 Å². The molecule has 2 heterocycles. The maximum atomic E-state index is 10.3. The van der Waals surface area contributed by atoms with Crippen molar-refractivity contribution in [1.29, 1.82) is 0 Å². The number of hydrogen-bond acceptors (Lipinski definition) is 6. The van der Waals surface area contributed by atoms with Gasteiger partial charge in [-0.25, -0.2) is 0 Å². The van der Waals surface area contributed by atoms with Gasteiger partial charge in [0.2, 0.25) is 0 Å². The molecule has 150 valence electrons. The molecule has 2 saturated heterocycles. The Morgan fingerprint density at radius 2 is 1.59 bits per heavy atom. The molecule has 1 N–H and O–H groups in total. The minimum absolute atomic E-state index is 0.294. The van der Waals surface area contributed by atoms with Crippen LogP contribution in [0.3, 0.4) is 0 Å². The molecular formula is C20H33BN2O4. The number of aliphatic hydroxyl groups excluding tert-OH is 1. The minimum Gasteiger partial charge on any atom is -0.491 e. The van der Waals surface area contributed by atoms with E-state index in [9.17, 15) is 5.11 Å². The lowest BCUT2D eigenvalue weighted by Gasteiger charge is -2.33. The van der Waals surface area contributed by atoms with Gasteiger partial charge in [-0.1, -0.05) is 12.1 Å². The maximum Gasteiger partial charge on any atom is 0.494 e. The van der Waals surface area contributed by atoms with E-state index in [0.717, 1.165) is 37.4 Å². The molecule has 2 aliphatic rings. The van der Waals surface area contributed by atoms with Gasteiger partial charge < -0.3 is 24.1 Å². The summed E-state index contributed by atoms with van der Waals surface area (Å²) in [5, 5.41) is 10.3. The highest BCUT2D eigenvalue weighted by Crippen LogP contribution is 2.36. The lowest BCUT2D eigenvalue weighted by Crippen LogP contribution is -2.47. The Labute approximate surface area is 163 Å². The first kappa shape index (κ1) is 20.6. The predicted octanol–water partition coefficient (Wildman–Crippen LogP) is 0.973. The SMILES string of the molecule is CN1CCN(CC(O)COc2ccc(B3OC(C)(C)C(C)(C)O3)cc2)CC1. The van der Waals surface area contributed by atoms with Crippen LogP contribution in [0.15, 0.2) is 24.3 Å². The molecule has 6 nitrogen and oxygen atoms in total. The maximum absolute atomic E-state index is 10.3. The van der Waals surface area contributed by atoms with E-state index >= 15 is 0 Å². The molecule has 0 spiro atoms. The molecule has 7 heteroatoms. The van der Waals surface area contributed by atoms with Gasteiger partial charge >= 0.3 is 7.12 Å². The zero-order chi connectivity index (χ0) is 19.7. The van der Waals surface area contributed by atoms with Gasteiger partial charge in [-0.3, -0.25) is 4.90 Å². The molecule has 0 radical (unpaired) electrons. The largest absolute Gasteiger partial charge is 0.494 e. The molecule has 1 aromatic carbocycles. The van der Waals surface area contributed by atoms with Gasteiger partial charge in [0.25, 0.3) is 0 Å². The Balaban J connectivity index is 1.47. The van der Waals surface area contributed by atoms with Crippen LogP contribution in [0.2, 0.25) is 0 Å². The van der Waals surface area contributed by atoms with Crippen LogP contribution in [0.25, 0.3) is 0 Å². The summed E-state index contributed by atoms with van der Waals surface area (Å²) in [4.78, 5) is 4.59. The molecule has 27 heavy (non-hydrogen) atoms. The van der Waals surface area contributed by atoms with Gasteiger partial charge in [-0.2, -0.15) is 0 Å². The highest BCUT2D eigenvalue weighted by Gasteiger charge is 2.51. The van der Waals surface area contributed by atoms with Crippen LogP contribution in [-0.4, -0.2) is 85.7 Å². The fourth-order valence-corrected chi connectivity index (χ4v) is 3.27. The molecule has 1 unspecified atom stereocenters. The van der Waals surface area contributed by atoms with Crippen LogP contribution in [0, 0.1) is 0 Å². The zero-order valence-corrected chi connectivity index (χ0v) is 17.3. The molecule has 1 atom stereocenters. The van der Waals surface area contributed by atoms with E-state index in [2.05, 4.69) is 16.8 Å². The van der Waals surface area contributed by atoms with Crippen LogP contribution in [0.4, 0.5) is 0 Å². The summed E-state index contributed by atoms with van der Waals surface area (Å²) in [5.74, 6) is 0.743. The second-order valence-electron chi connectivity index (χ2n) is 8.73. The van der Waals surface area contributed by atoms with Crippen LogP contribution in [-0.2, 0) is 9.31 Å². The number of likely N-dealkylation sites (N-methyl/N-ethyl adjacent to an activating group) is 1. The average Bonchev–Trinajstić information content (AvgIpc) is 2.83. The van der Waals surface area contributed by atoms with Crippen LogP contribution >= 0.6 is 0 Å². The second kappa shape index (κ2) is 8.09. The Hall–Kier alpha value is -1.12. The standard InChI is InChI=1S/C20H33BN2O4/c1-19(2)20(3,4)27-21(26-19)16-6-8-18(9-7-16)25-15-17(24)14-23-12-10-22(5)11-13-23/h6-9,17,24H,10-15H2,1-5H3. The topological polar surface area (TPSA) is 54.4 Å². The Bertz CT molecular complexity index is 599. The van der Waals surface area contributed by atoms with Crippen molar-refractivity contribution in [3.05, 3.63) is 24.3 Å². The number of rotatable bonds is 6. The third-order valence-corrected chi connectivity index (χ3v) is 5.91. The summed E-state index contributed by atoms with van der Waals surface area (Å²) in [7, 11) is 1.76. The van der Waals surface area contributed by atoms with Gasteiger partial charge in [-0.15, -0.1) is 0 Å². The molecule has 0 aliphatic carbocycles. The third-order valence-electron chi connectivity index (χ3n) is 5.91. The number of benzene rings is 1. The molecule has 0 aromatic heterocycles. The first-order chi connectivity index (χ1) is 12.7. The summed E-state index contributed by atoms with van der Waals surface area (Å²) < 4.78 is 17.9. The molecule has 1 aromatic rings. The third kappa shape index (κ3) is 5.03. The van der Waals surface area contributed by atoms with E-state index in [-0.39, 0.29) is 18.3 Å². The van der Waals surface area contributed by atoms with Crippen molar-refractivity contribution in [3.63, 3.8) is 0 Å². The van der Waals surface area contributed by atoms with E-state index in [4.69, 9.17) is 14.0 Å². The fourth-order valence-electron chi connectivity index (χ4n) is 3.27. The van der Waals surface area contributed by atoms with Gasteiger partial charge in [-0.05, 0) is 52.3 Å². The van der Waals surface area contributed by atoms with Crippen LogP contribution in [0.5, 0.6) is 5.75 Å². The van der Waals surface area contributed by atoms with E-state index in [1.54, 1.807) is 0 Å². The molecule has 0 bridgehead atoms. The smallest absolute Gasteiger partial charge is 0.491 e. The summed E-state index contributed by atoms with van der Waals surface area (Å²) in [6.07, 6.45) is -0.490. The fraction of sp³-hybridized carbons (Fsp3) is 0.700. The summed E-state index contributed by atoms with van der Waals surface area (Å²) in [5.41, 5.74) is 0.277. The van der Waals surface area contributed by atoms with Crippen LogP contribution < -0.4 is 10.2 Å². The van der Waals surface area contributed by atoms with Crippen molar-refractivity contribution in [2.45, 2.75) is 45.0 Å². The number of β-amino-alcohol motifs (C(OH)–C–C–N with tert-alkyl or cyclic N) is 1. The number of hydrogen-bond donors (Lipinski definition) is 1. The Morgan fingerprint density at radius 3 is 2.15 bits per heavy atom. The summed E-state index contributed by atoms with van der Waals surface area (Å²) in [6, 6.07) is 7.74. The monoisotopic (exact) mass is 376 g/mol. The lowest BCUT2D eigenvalue weighted by molar-refractivity contribution is 0.00578. The Morgan fingerprint density at radius 1 is 1.04 bits per heavy atom. The predicted molar refractivity (Wildman–Crippen MR) is 108 cm³/mol. The molecular weight excluding hydrogens is 343 g/mol. The van der Waals surface area contributed by atoms with E-state index in [1.165, 1.54) is 0 Å². The first-order valence-electron chi connectivity index (χ1n) is 9.84. The van der Waals surface area contributed by atoms with Crippen molar-refractivity contribution in [3.8, 4) is 5.75 Å². The minimum atomic E-state index is -0.490. The van der Waals surface area contributed by atoms with E-state index in [1.807, 2.05) is 52.0 Å². The Kier molecular flexibility index (Phi) is 6.18. The normalized spacial score (nSPS) is 24.1.